The molecule has 6 fully saturated rings. The third kappa shape index (κ3) is 2.36. The van der Waals surface area contributed by atoms with Crippen molar-refractivity contribution in [1.29, 1.82) is 0 Å². The van der Waals surface area contributed by atoms with Gasteiger partial charge in [0.25, 0.3) is 11.8 Å². The third-order valence-corrected chi connectivity index (χ3v) is 11.0. The molecule has 0 spiro atoms. The first-order valence-electron chi connectivity index (χ1n) is 13.8. The van der Waals surface area contributed by atoms with Crippen molar-refractivity contribution in [2.24, 2.45) is 40.9 Å². The maximum Gasteiger partial charge on any atom is 0.270 e. The van der Waals surface area contributed by atoms with Crippen LogP contribution in [0.2, 0.25) is 0 Å². The smallest absolute Gasteiger partial charge is 0.270 e. The lowest BCUT2D eigenvalue weighted by atomic mass is 8.94. The average molecular weight is 539 g/mol. The van der Waals surface area contributed by atoms with Crippen molar-refractivity contribution in [2.45, 2.75) is 25.4 Å². The van der Waals surface area contributed by atoms with E-state index in [1.54, 1.807) is 19.2 Å². The monoisotopic (exact) mass is 538 g/mol. The maximum atomic E-state index is 13.4. The van der Waals surface area contributed by atoms with E-state index in [1.807, 2.05) is 18.2 Å². The third-order valence-electron chi connectivity index (χ3n) is 11.0. The molecule has 11 nitrogen and oxygen atoms in total. The highest BCUT2D eigenvalue weighted by molar-refractivity contribution is 5.98. The number of amides is 3. The van der Waals surface area contributed by atoms with Gasteiger partial charge < -0.3 is 20.7 Å². The quantitative estimate of drug-likeness (QED) is 0.398. The van der Waals surface area contributed by atoms with Crippen molar-refractivity contribution in [3.63, 3.8) is 0 Å². The fourth-order valence-corrected chi connectivity index (χ4v) is 9.89. The molecule has 3 N–H and O–H groups in total. The zero-order valence-electron chi connectivity index (χ0n) is 21.6. The molecule has 3 aromatic rings. The van der Waals surface area contributed by atoms with Gasteiger partial charge >= 0.3 is 0 Å². The van der Waals surface area contributed by atoms with Crippen LogP contribution in [-0.4, -0.2) is 56.8 Å². The van der Waals surface area contributed by atoms with Crippen LogP contribution in [0.25, 0.3) is 5.65 Å². The lowest BCUT2D eigenvalue weighted by molar-refractivity contribution is -0.622. The number of ether oxygens (including phenoxy) is 1. The number of fused-ring (bicyclic) bond motifs is 2. The highest BCUT2D eigenvalue weighted by atomic mass is 16.5. The summed E-state index contributed by atoms with van der Waals surface area (Å²) in [6, 6.07) is 8.66. The first-order valence-corrected chi connectivity index (χ1v) is 13.8. The van der Waals surface area contributed by atoms with E-state index in [-0.39, 0.29) is 53.1 Å². The van der Waals surface area contributed by atoms with Gasteiger partial charge in [-0.3, -0.25) is 19.2 Å². The predicted octanol–water partition coefficient (Wildman–Crippen LogP) is 0.520. The SMILES string of the molecule is CC(=O)NC12C3C4C1C1C2C3C41CNC(=O)c1cc(C(=O)NCc2ccc3c(c2)CC(=O)CO3)nc2ccnn12. The summed E-state index contributed by atoms with van der Waals surface area (Å²) >= 11 is 0. The molecule has 6 saturated carbocycles. The lowest BCUT2D eigenvalue weighted by Crippen LogP contribution is -3.15. The summed E-state index contributed by atoms with van der Waals surface area (Å²) in [5.41, 5.74) is 2.72. The molecule has 11 heteroatoms. The zero-order valence-corrected chi connectivity index (χ0v) is 21.6. The molecular weight excluding hydrogens is 512 g/mol. The topological polar surface area (TPSA) is 144 Å². The Morgan fingerprint density at radius 3 is 2.55 bits per heavy atom. The summed E-state index contributed by atoms with van der Waals surface area (Å²) in [5, 5.41) is 13.5. The first-order chi connectivity index (χ1) is 19.3. The number of Topliss-reactive ketones (excluding diaryl/α,β-unsaturated/α-hetero) is 1. The predicted molar refractivity (Wildman–Crippen MR) is 137 cm³/mol. The van der Waals surface area contributed by atoms with E-state index in [4.69, 9.17) is 4.74 Å². The first kappa shape index (κ1) is 22.5. The Balaban J connectivity index is 0.893. The van der Waals surface area contributed by atoms with E-state index >= 15 is 0 Å². The normalized spacial score (nSPS) is 35.9. The van der Waals surface area contributed by atoms with Gasteiger partial charge in [-0.1, -0.05) is 6.07 Å². The van der Waals surface area contributed by atoms with Crippen molar-refractivity contribution in [2.75, 3.05) is 13.2 Å². The number of rotatable bonds is 7. The highest BCUT2D eigenvalue weighted by Crippen LogP contribution is 3.06. The van der Waals surface area contributed by atoms with Gasteiger partial charge in [-0.05, 0) is 58.6 Å². The molecule has 1 aliphatic heterocycles. The summed E-state index contributed by atoms with van der Waals surface area (Å²) in [5.74, 6) is 3.67. The second kappa shape index (κ2) is 7.07. The average Bonchev–Trinajstić information content (AvgIpc) is 3.43. The Hall–Kier alpha value is -4.28. The molecule has 0 radical (unpaired) electrons. The summed E-state index contributed by atoms with van der Waals surface area (Å²) in [6.45, 7) is 2.54. The number of benzene rings is 1. The zero-order chi connectivity index (χ0) is 27.1. The van der Waals surface area contributed by atoms with Gasteiger partial charge in [-0.15, -0.1) is 0 Å². The number of nitrogens with one attached hydrogen (secondary N) is 3. The fourth-order valence-electron chi connectivity index (χ4n) is 9.89. The van der Waals surface area contributed by atoms with Crippen LogP contribution in [0.3, 0.4) is 0 Å². The van der Waals surface area contributed by atoms with Crippen LogP contribution in [0.5, 0.6) is 5.75 Å². The number of aromatic nitrogens is 3. The van der Waals surface area contributed by atoms with Gasteiger partial charge in [-0.25, -0.2) is 9.50 Å². The molecule has 0 bridgehead atoms. The highest BCUT2D eigenvalue weighted by Gasteiger charge is 3.09. The van der Waals surface area contributed by atoms with Crippen molar-refractivity contribution < 1.29 is 23.9 Å². The maximum absolute atomic E-state index is 13.4. The number of hydrogen-bond acceptors (Lipinski definition) is 7. The van der Waals surface area contributed by atoms with E-state index in [0.717, 1.165) is 11.1 Å². The molecule has 10 rings (SSSR count). The standard InChI is InChI=1S/C29H26N6O5/c1-12(36)34-29-23-20-24(29)22-25(29)21(23)28(20,22)11-31-27(39)17-8-16(33-19-4-5-32-35(17)19)26(38)30-9-13-2-3-18-14(6-13)7-15(37)10-40-18/h2-6,8,20-25H,7,9-11H2,1H3,(H,30,38)(H,31,39)(H,34,36). The van der Waals surface area contributed by atoms with Crippen molar-refractivity contribution in [3.05, 3.63) is 59.0 Å². The Kier molecular flexibility index (Phi) is 3.98. The molecular formula is C29H26N6O5. The molecule has 6 aliphatic carbocycles. The van der Waals surface area contributed by atoms with E-state index in [2.05, 4.69) is 26.0 Å². The second-order valence-electron chi connectivity index (χ2n) is 12.3. The minimum absolute atomic E-state index is 0.0199. The van der Waals surface area contributed by atoms with Crippen LogP contribution < -0.4 is 20.7 Å². The number of carbonyl (C=O) groups excluding carboxylic acids is 4. The lowest BCUT2D eigenvalue weighted by Gasteiger charge is -3.11. The van der Waals surface area contributed by atoms with Gasteiger partial charge in [0.05, 0.1) is 11.7 Å². The Bertz CT molecular complexity index is 1670. The molecule has 3 amide bonds. The Labute approximate surface area is 228 Å². The second-order valence-corrected chi connectivity index (χ2v) is 12.3. The number of nitrogens with zero attached hydrogens (tertiary/aromatic N) is 3. The van der Waals surface area contributed by atoms with Gasteiger partial charge in [0.2, 0.25) is 5.91 Å². The summed E-state index contributed by atoms with van der Waals surface area (Å²) in [7, 11) is 0. The van der Waals surface area contributed by atoms with Gasteiger partial charge in [0, 0.05) is 44.1 Å². The van der Waals surface area contributed by atoms with E-state index in [9.17, 15) is 19.2 Å². The summed E-state index contributed by atoms with van der Waals surface area (Å²) in [4.78, 5) is 54.3. The molecule has 7 aliphatic rings. The number of carbonyl (C=O) groups is 4. The van der Waals surface area contributed by atoms with Gasteiger partial charge in [0.1, 0.15) is 23.7 Å². The van der Waals surface area contributed by atoms with Gasteiger partial charge in [0.15, 0.2) is 11.4 Å². The van der Waals surface area contributed by atoms with Crippen molar-refractivity contribution >= 4 is 29.2 Å². The molecule has 1 aromatic carbocycles. The summed E-state index contributed by atoms with van der Waals surface area (Å²) < 4.78 is 6.90. The van der Waals surface area contributed by atoms with E-state index < -0.39 is 5.91 Å². The largest absolute Gasteiger partial charge is 0.486 e. The number of hydrogen-bond donors (Lipinski definition) is 3. The molecule has 0 saturated heterocycles. The Morgan fingerprint density at radius 2 is 1.80 bits per heavy atom. The van der Waals surface area contributed by atoms with Gasteiger partial charge in [-0.2, -0.15) is 5.10 Å². The van der Waals surface area contributed by atoms with E-state index in [1.165, 1.54) is 10.6 Å². The fraction of sp³-hybridized carbons (Fsp3) is 0.448. The van der Waals surface area contributed by atoms with Crippen molar-refractivity contribution in [1.82, 2.24) is 30.5 Å². The Morgan fingerprint density at radius 1 is 1.02 bits per heavy atom. The molecule has 3 heterocycles. The minimum atomic E-state index is -0.410. The van der Waals surface area contributed by atoms with Crippen LogP contribution in [0.4, 0.5) is 0 Å². The molecule has 0 atom stereocenters. The molecule has 2 aromatic heterocycles. The molecule has 202 valence electrons. The number of ketones is 1. The van der Waals surface area contributed by atoms with Crippen LogP contribution in [0, 0.1) is 40.9 Å². The van der Waals surface area contributed by atoms with E-state index in [0.29, 0.717) is 59.9 Å². The minimum Gasteiger partial charge on any atom is -0.486 e. The van der Waals surface area contributed by atoms with Crippen LogP contribution in [0.15, 0.2) is 36.5 Å². The molecule has 40 heavy (non-hydrogen) atoms. The molecule has 0 unspecified atom stereocenters. The van der Waals surface area contributed by atoms with Crippen molar-refractivity contribution in [3.8, 4) is 5.75 Å². The van der Waals surface area contributed by atoms with Crippen LogP contribution >= 0.6 is 0 Å². The van der Waals surface area contributed by atoms with Crippen LogP contribution in [-0.2, 0) is 22.6 Å². The summed E-state index contributed by atoms with van der Waals surface area (Å²) in [6.07, 6.45) is 1.87. The van der Waals surface area contributed by atoms with Crippen LogP contribution in [0.1, 0.15) is 39.0 Å².